The van der Waals surface area contributed by atoms with Crippen molar-refractivity contribution in [1.82, 2.24) is 9.80 Å². The van der Waals surface area contributed by atoms with Crippen LogP contribution >= 0.6 is 11.8 Å². The van der Waals surface area contributed by atoms with Crippen LogP contribution in [0.15, 0.2) is 55.6 Å². The van der Waals surface area contributed by atoms with Crippen molar-refractivity contribution < 1.29 is 19.5 Å². The van der Waals surface area contributed by atoms with Gasteiger partial charge < -0.3 is 19.8 Å². The number of aliphatic hydroxyl groups excluding tert-OH is 1. The van der Waals surface area contributed by atoms with E-state index in [1.54, 1.807) is 33.7 Å². The third kappa shape index (κ3) is 5.69. The van der Waals surface area contributed by atoms with E-state index in [-0.39, 0.29) is 30.2 Å². The molecule has 3 amide bonds. The average molecular weight is 596 g/mol. The fourth-order valence-corrected chi connectivity index (χ4v) is 9.96. The van der Waals surface area contributed by atoms with E-state index in [1.807, 2.05) is 35.2 Å². The summed E-state index contributed by atoms with van der Waals surface area (Å²) in [6.07, 6.45) is 8.40. The normalized spacial score (nSPS) is 28.6. The van der Waals surface area contributed by atoms with Crippen LogP contribution in [0.5, 0.6) is 0 Å². The predicted molar refractivity (Wildman–Crippen MR) is 171 cm³/mol. The molecule has 1 aromatic carbocycles. The van der Waals surface area contributed by atoms with E-state index < -0.39 is 33.4 Å². The van der Waals surface area contributed by atoms with Crippen LogP contribution in [0.3, 0.4) is 0 Å². The summed E-state index contributed by atoms with van der Waals surface area (Å²) in [5, 5.41) is 10.6. The molecule has 2 unspecified atom stereocenters. The zero-order chi connectivity index (χ0) is 30.7. The van der Waals surface area contributed by atoms with Gasteiger partial charge in [-0.05, 0) is 50.7 Å². The number of carbonyl (C=O) groups is 3. The van der Waals surface area contributed by atoms with Crippen LogP contribution in [0.2, 0.25) is 0 Å². The molecule has 3 fully saturated rings. The van der Waals surface area contributed by atoms with Gasteiger partial charge in [0, 0.05) is 30.1 Å². The number of anilines is 1. The molecular formula is C34H49N3O4S. The van der Waals surface area contributed by atoms with Crippen molar-refractivity contribution in [1.29, 1.82) is 0 Å². The van der Waals surface area contributed by atoms with E-state index in [1.165, 1.54) is 0 Å². The standard InChI is InChI=1S/C34H49N3O4S/c1-7-10-14-21-35(19-8-2)32(41)29-34-18-17-33(6,42-34)27(28(34)31(40)37(29)26(23-38)22-24(4)5)30(39)36(20-9-3)25-15-12-11-13-16-25/h8-9,11-13,15-16,24,26-29,38H,2-3,7,10,14,17-23H2,1,4-6H3/t26-,27-,28+,29?,33+,34?/m1/s1. The number of nitrogens with zero attached hydrogens (tertiary/aromatic N) is 3. The number of carbonyl (C=O) groups excluding carboxylic acids is 3. The molecular weight excluding hydrogens is 546 g/mol. The highest BCUT2D eigenvalue weighted by atomic mass is 32.2. The van der Waals surface area contributed by atoms with Gasteiger partial charge in [0.2, 0.25) is 17.7 Å². The van der Waals surface area contributed by atoms with E-state index in [2.05, 4.69) is 40.9 Å². The second kappa shape index (κ2) is 13.4. The molecule has 8 heteroatoms. The Balaban J connectivity index is 1.81. The van der Waals surface area contributed by atoms with Gasteiger partial charge in [-0.15, -0.1) is 24.9 Å². The minimum atomic E-state index is -0.735. The van der Waals surface area contributed by atoms with Crippen molar-refractivity contribution >= 4 is 35.2 Å². The lowest BCUT2D eigenvalue weighted by Gasteiger charge is -2.40. The Hall–Kier alpha value is -2.58. The number of aliphatic hydroxyl groups is 1. The monoisotopic (exact) mass is 595 g/mol. The summed E-state index contributed by atoms with van der Waals surface area (Å²) in [4.78, 5) is 49.2. The Morgan fingerprint density at radius 2 is 1.81 bits per heavy atom. The first kappa shape index (κ1) is 32.3. The van der Waals surface area contributed by atoms with Crippen molar-refractivity contribution in [3.8, 4) is 0 Å². The van der Waals surface area contributed by atoms with Crippen LogP contribution in [0.4, 0.5) is 5.69 Å². The molecule has 1 aromatic rings. The largest absolute Gasteiger partial charge is 0.394 e. The van der Waals surface area contributed by atoms with Crippen molar-refractivity contribution in [2.75, 3.05) is 31.1 Å². The van der Waals surface area contributed by atoms with Crippen molar-refractivity contribution in [3.05, 3.63) is 55.6 Å². The molecule has 7 nitrogen and oxygen atoms in total. The number of amides is 3. The zero-order valence-corrected chi connectivity index (χ0v) is 26.7. The summed E-state index contributed by atoms with van der Waals surface area (Å²) in [5.74, 6) is -1.35. The van der Waals surface area contributed by atoms with Gasteiger partial charge in [-0.2, -0.15) is 0 Å². The molecule has 3 heterocycles. The van der Waals surface area contributed by atoms with Gasteiger partial charge in [0.1, 0.15) is 6.04 Å². The Bertz CT molecular complexity index is 1160. The number of thioether (sulfide) groups is 1. The minimum absolute atomic E-state index is 0.0834. The van der Waals surface area contributed by atoms with E-state index in [0.717, 1.165) is 31.4 Å². The molecule has 230 valence electrons. The number of hydrogen-bond donors (Lipinski definition) is 1. The second-order valence-electron chi connectivity index (χ2n) is 12.8. The number of benzene rings is 1. The highest BCUT2D eigenvalue weighted by molar-refractivity contribution is 8.02. The lowest BCUT2D eigenvalue weighted by atomic mass is 9.66. The maximum absolute atomic E-state index is 14.7. The summed E-state index contributed by atoms with van der Waals surface area (Å²) < 4.78 is -1.21. The summed E-state index contributed by atoms with van der Waals surface area (Å²) in [6, 6.07) is 8.30. The first-order valence-electron chi connectivity index (χ1n) is 15.6. The fourth-order valence-electron chi connectivity index (χ4n) is 7.63. The van der Waals surface area contributed by atoms with Crippen LogP contribution in [0.25, 0.3) is 0 Å². The van der Waals surface area contributed by atoms with Gasteiger partial charge in [-0.3, -0.25) is 14.4 Å². The number of fused-ring (bicyclic) bond motifs is 1. The summed E-state index contributed by atoms with van der Waals surface area (Å²) in [5.41, 5.74) is 0.767. The Labute approximate surface area is 256 Å². The molecule has 0 aliphatic carbocycles. The number of unbranched alkanes of at least 4 members (excludes halogenated alkanes) is 2. The smallest absolute Gasteiger partial charge is 0.247 e. The number of hydrogen-bond acceptors (Lipinski definition) is 5. The average Bonchev–Trinajstić information content (AvgIpc) is 3.54. The van der Waals surface area contributed by atoms with E-state index in [4.69, 9.17) is 0 Å². The molecule has 3 saturated heterocycles. The molecule has 3 aliphatic heterocycles. The van der Waals surface area contributed by atoms with Gasteiger partial charge in [0.25, 0.3) is 0 Å². The number of para-hydroxylation sites is 1. The van der Waals surface area contributed by atoms with Gasteiger partial charge in [-0.1, -0.05) is 64.0 Å². The molecule has 0 saturated carbocycles. The van der Waals surface area contributed by atoms with Gasteiger partial charge in [0.05, 0.1) is 29.2 Å². The van der Waals surface area contributed by atoms with Crippen LogP contribution < -0.4 is 4.90 Å². The highest BCUT2D eigenvalue weighted by Gasteiger charge is 2.78. The highest BCUT2D eigenvalue weighted by Crippen LogP contribution is 2.72. The van der Waals surface area contributed by atoms with Crippen molar-refractivity contribution in [2.24, 2.45) is 17.8 Å². The van der Waals surface area contributed by atoms with Gasteiger partial charge >= 0.3 is 0 Å². The molecule has 0 radical (unpaired) electrons. The topological polar surface area (TPSA) is 81.2 Å². The van der Waals surface area contributed by atoms with Crippen LogP contribution in [0.1, 0.15) is 66.2 Å². The lowest BCUT2D eigenvalue weighted by Crippen LogP contribution is -2.57. The maximum Gasteiger partial charge on any atom is 0.247 e. The van der Waals surface area contributed by atoms with Gasteiger partial charge in [-0.25, -0.2) is 0 Å². The third-order valence-electron chi connectivity index (χ3n) is 9.40. The fraction of sp³-hybridized carbons (Fsp3) is 0.618. The molecule has 3 aliphatic rings. The Kier molecular flexibility index (Phi) is 10.3. The van der Waals surface area contributed by atoms with Crippen molar-refractivity contribution in [2.45, 2.75) is 87.8 Å². The quantitative estimate of drug-likeness (QED) is 0.220. The first-order chi connectivity index (χ1) is 20.1. The van der Waals surface area contributed by atoms with Crippen LogP contribution in [-0.2, 0) is 14.4 Å². The molecule has 4 rings (SSSR count). The molecule has 0 aromatic heterocycles. The van der Waals surface area contributed by atoms with Gasteiger partial charge in [0.15, 0.2) is 0 Å². The second-order valence-corrected chi connectivity index (χ2v) is 14.7. The van der Waals surface area contributed by atoms with E-state index in [0.29, 0.717) is 32.5 Å². The molecule has 1 N–H and O–H groups in total. The van der Waals surface area contributed by atoms with Crippen molar-refractivity contribution in [3.63, 3.8) is 0 Å². The maximum atomic E-state index is 14.7. The SMILES string of the molecule is C=CCN(CCCCC)C(=O)C1N([C@@H](CO)CC(C)C)C(=O)[C@@H]2[C@H](C(=O)N(CC=C)c3ccccc3)[C@]3(C)CCC12S3. The van der Waals surface area contributed by atoms with Crippen LogP contribution in [0, 0.1) is 17.8 Å². The predicted octanol–water partition coefficient (Wildman–Crippen LogP) is 5.30. The molecule has 42 heavy (non-hydrogen) atoms. The first-order valence-corrected chi connectivity index (χ1v) is 16.4. The van der Waals surface area contributed by atoms with Crippen LogP contribution in [-0.4, -0.2) is 80.4 Å². The van der Waals surface area contributed by atoms with E-state index in [9.17, 15) is 19.5 Å². The minimum Gasteiger partial charge on any atom is -0.394 e. The Morgan fingerprint density at radius 1 is 1.12 bits per heavy atom. The molecule has 6 atom stereocenters. The molecule has 2 bridgehead atoms. The number of likely N-dealkylation sites (tertiary alicyclic amines) is 1. The Morgan fingerprint density at radius 3 is 2.40 bits per heavy atom. The number of rotatable bonds is 15. The summed E-state index contributed by atoms with van der Waals surface area (Å²) >= 11 is 1.68. The molecule has 1 spiro atoms. The zero-order valence-electron chi connectivity index (χ0n) is 25.8. The lowest BCUT2D eigenvalue weighted by molar-refractivity contribution is -0.146. The summed E-state index contributed by atoms with van der Waals surface area (Å²) in [7, 11) is 0. The van der Waals surface area contributed by atoms with E-state index >= 15 is 0 Å². The third-order valence-corrected chi connectivity index (χ3v) is 11.4. The summed E-state index contributed by atoms with van der Waals surface area (Å²) in [6.45, 7) is 17.3.